The molecule has 0 unspecified atom stereocenters. The maximum atomic E-state index is 12.5. The van der Waals surface area contributed by atoms with Crippen molar-refractivity contribution in [2.75, 3.05) is 5.32 Å². The van der Waals surface area contributed by atoms with Crippen molar-refractivity contribution >= 4 is 51.6 Å². The molecule has 3 aromatic carbocycles. The first-order valence-corrected chi connectivity index (χ1v) is 9.54. The number of anilines is 1. The number of hydrogen-bond acceptors (Lipinski definition) is 5. The minimum absolute atomic E-state index is 0.0335. The molecule has 0 saturated carbocycles. The van der Waals surface area contributed by atoms with E-state index in [9.17, 15) is 14.9 Å². The Bertz CT molecular complexity index is 1270. The van der Waals surface area contributed by atoms with E-state index >= 15 is 0 Å². The predicted molar refractivity (Wildman–Crippen MR) is 114 cm³/mol. The summed E-state index contributed by atoms with van der Waals surface area (Å²) in [5.41, 5.74) is 2.44. The quantitative estimate of drug-likeness (QED) is 0.307. The van der Waals surface area contributed by atoms with E-state index in [1.54, 1.807) is 30.3 Å². The maximum absolute atomic E-state index is 12.5. The topological polar surface area (TPSA) is 98.3 Å². The van der Waals surface area contributed by atoms with Gasteiger partial charge in [-0.1, -0.05) is 35.3 Å². The number of oxazole rings is 1. The van der Waals surface area contributed by atoms with Crippen molar-refractivity contribution in [2.24, 2.45) is 0 Å². The maximum Gasteiger partial charge on any atom is 0.288 e. The molecule has 7 nitrogen and oxygen atoms in total. The molecule has 0 bridgehead atoms. The molecule has 9 heteroatoms. The average Bonchev–Trinajstić information content (AvgIpc) is 3.11. The summed E-state index contributed by atoms with van der Waals surface area (Å²) >= 11 is 11.7. The Morgan fingerprint density at radius 2 is 1.83 bits per heavy atom. The van der Waals surface area contributed by atoms with Gasteiger partial charge in [-0.2, -0.15) is 0 Å². The van der Waals surface area contributed by atoms with E-state index in [4.69, 9.17) is 27.6 Å². The number of nitrogens with zero attached hydrogens (tertiary/aromatic N) is 2. The van der Waals surface area contributed by atoms with Gasteiger partial charge >= 0.3 is 0 Å². The number of carbonyl (C=O) groups is 1. The van der Waals surface area contributed by atoms with Crippen LogP contribution in [0.2, 0.25) is 10.0 Å². The number of rotatable bonds is 5. The number of aromatic nitrogens is 1. The van der Waals surface area contributed by atoms with Gasteiger partial charge in [0.15, 0.2) is 11.5 Å². The molecule has 1 N–H and O–H groups in total. The number of hydrogen-bond donors (Lipinski definition) is 1. The number of nitro groups is 1. The number of halogens is 2. The van der Waals surface area contributed by atoms with E-state index in [0.717, 1.165) is 11.6 Å². The van der Waals surface area contributed by atoms with Crippen molar-refractivity contribution in [3.63, 3.8) is 0 Å². The summed E-state index contributed by atoms with van der Waals surface area (Å²) in [6.07, 6.45) is 0.502. The molecule has 1 aromatic heterocycles. The lowest BCUT2D eigenvalue weighted by atomic mass is 10.1. The van der Waals surface area contributed by atoms with E-state index in [1.165, 1.54) is 12.1 Å². The van der Waals surface area contributed by atoms with Crippen LogP contribution in [0.3, 0.4) is 0 Å². The van der Waals surface area contributed by atoms with Crippen LogP contribution < -0.4 is 5.32 Å². The van der Waals surface area contributed by atoms with E-state index < -0.39 is 10.8 Å². The highest BCUT2D eigenvalue weighted by Crippen LogP contribution is 2.26. The number of carbonyl (C=O) groups excluding carboxylic acids is 1. The van der Waals surface area contributed by atoms with E-state index in [1.807, 2.05) is 12.1 Å². The molecule has 4 rings (SSSR count). The molecule has 1 heterocycles. The second-order valence-corrected chi connectivity index (χ2v) is 7.31. The number of nitrogens with one attached hydrogen (secondary N) is 1. The normalized spacial score (nSPS) is 10.9. The highest BCUT2D eigenvalue weighted by Gasteiger charge is 2.17. The summed E-state index contributed by atoms with van der Waals surface area (Å²) in [6.45, 7) is 0. The highest BCUT2D eigenvalue weighted by molar-refractivity contribution is 6.32. The van der Waals surface area contributed by atoms with Crippen molar-refractivity contribution in [3.05, 3.63) is 97.8 Å². The predicted octanol–water partition coefficient (Wildman–Crippen LogP) is 5.89. The largest absolute Gasteiger partial charge is 0.440 e. The van der Waals surface area contributed by atoms with Crippen LogP contribution in [0, 0.1) is 10.1 Å². The minimum Gasteiger partial charge on any atom is -0.440 e. The van der Waals surface area contributed by atoms with Gasteiger partial charge in [0.25, 0.3) is 11.6 Å². The van der Waals surface area contributed by atoms with Crippen LogP contribution in [0.1, 0.15) is 21.8 Å². The molecule has 30 heavy (non-hydrogen) atoms. The average molecular weight is 442 g/mol. The Balaban J connectivity index is 1.53. The summed E-state index contributed by atoms with van der Waals surface area (Å²) in [5.74, 6) is 0.0307. The summed E-state index contributed by atoms with van der Waals surface area (Å²) in [4.78, 5) is 27.3. The second-order valence-electron chi connectivity index (χ2n) is 6.47. The van der Waals surface area contributed by atoms with E-state index in [-0.39, 0.29) is 16.3 Å². The van der Waals surface area contributed by atoms with Gasteiger partial charge in [0.2, 0.25) is 0 Å². The van der Waals surface area contributed by atoms with Gasteiger partial charge in [-0.05, 0) is 48.0 Å². The molecule has 4 aromatic rings. The van der Waals surface area contributed by atoms with Gasteiger partial charge in [-0.3, -0.25) is 14.9 Å². The Labute approximate surface area is 180 Å². The molecule has 0 aliphatic rings. The third-order valence-electron chi connectivity index (χ3n) is 4.36. The number of amides is 1. The van der Waals surface area contributed by atoms with Crippen molar-refractivity contribution in [1.29, 1.82) is 0 Å². The third-order valence-corrected chi connectivity index (χ3v) is 4.93. The first-order chi connectivity index (χ1) is 14.4. The Morgan fingerprint density at radius 3 is 2.57 bits per heavy atom. The number of benzene rings is 3. The monoisotopic (exact) mass is 441 g/mol. The fraction of sp³-hybridized carbons (Fsp3) is 0.0476. The lowest BCUT2D eigenvalue weighted by molar-refractivity contribution is -0.384. The summed E-state index contributed by atoms with van der Waals surface area (Å²) < 4.78 is 5.76. The summed E-state index contributed by atoms with van der Waals surface area (Å²) in [7, 11) is 0. The van der Waals surface area contributed by atoms with Gasteiger partial charge in [0.1, 0.15) is 10.5 Å². The molecule has 0 atom stereocenters. The summed E-state index contributed by atoms with van der Waals surface area (Å²) in [6, 6.07) is 16.3. The molecule has 0 saturated heterocycles. The van der Waals surface area contributed by atoms with Gasteiger partial charge in [0.05, 0.1) is 4.92 Å². The molecule has 0 spiro atoms. The van der Waals surface area contributed by atoms with Gasteiger partial charge in [0, 0.05) is 28.8 Å². The van der Waals surface area contributed by atoms with Crippen LogP contribution >= 0.6 is 23.2 Å². The van der Waals surface area contributed by atoms with Crippen molar-refractivity contribution < 1.29 is 14.1 Å². The second kappa shape index (κ2) is 8.14. The molecule has 0 radical (unpaired) electrons. The van der Waals surface area contributed by atoms with E-state index in [2.05, 4.69) is 10.3 Å². The number of fused-ring (bicyclic) bond motifs is 1. The van der Waals surface area contributed by atoms with Crippen molar-refractivity contribution in [1.82, 2.24) is 4.98 Å². The lowest BCUT2D eigenvalue weighted by Crippen LogP contribution is -2.12. The smallest absolute Gasteiger partial charge is 0.288 e. The zero-order valence-electron chi connectivity index (χ0n) is 15.3. The van der Waals surface area contributed by atoms with Crippen LogP contribution in [-0.4, -0.2) is 15.8 Å². The molecule has 150 valence electrons. The fourth-order valence-electron chi connectivity index (χ4n) is 2.90. The Hall–Kier alpha value is -3.42. The Morgan fingerprint density at radius 1 is 1.07 bits per heavy atom. The number of nitro benzene ring substituents is 1. The fourth-order valence-corrected chi connectivity index (χ4v) is 3.22. The lowest BCUT2D eigenvalue weighted by Gasteiger charge is -2.05. The molecule has 0 aliphatic heterocycles. The van der Waals surface area contributed by atoms with Crippen LogP contribution in [0.15, 0.2) is 65.1 Å². The van der Waals surface area contributed by atoms with Gasteiger partial charge in [-0.15, -0.1) is 0 Å². The van der Waals surface area contributed by atoms with Crippen molar-refractivity contribution in [2.45, 2.75) is 6.42 Å². The molecule has 0 fully saturated rings. The first kappa shape index (κ1) is 19.9. The molecular formula is C21H13Cl2N3O4. The third kappa shape index (κ3) is 4.27. The summed E-state index contributed by atoms with van der Waals surface area (Å²) in [5, 5.41) is 14.3. The van der Waals surface area contributed by atoms with Gasteiger partial charge in [-0.25, -0.2) is 4.98 Å². The van der Waals surface area contributed by atoms with Crippen LogP contribution in [0.5, 0.6) is 0 Å². The van der Waals surface area contributed by atoms with Crippen molar-refractivity contribution in [3.8, 4) is 0 Å². The minimum atomic E-state index is -0.636. The SMILES string of the molecule is O=C(Nc1ccc2oc(Cc3ccc(Cl)cc3)nc2c1)c1ccc(Cl)c([N+](=O)[O-])c1. The first-order valence-electron chi connectivity index (χ1n) is 8.78. The standard InChI is InChI=1S/C21H13Cl2N3O4/c22-14-4-1-12(2-5-14)9-20-25-17-11-15(6-8-19(17)30-20)24-21(27)13-3-7-16(23)18(10-13)26(28)29/h1-8,10-11H,9H2,(H,24,27). The highest BCUT2D eigenvalue weighted by atomic mass is 35.5. The van der Waals surface area contributed by atoms with Crippen LogP contribution in [-0.2, 0) is 6.42 Å². The van der Waals surface area contributed by atoms with E-state index in [0.29, 0.717) is 34.1 Å². The van der Waals surface area contributed by atoms with Crippen LogP contribution in [0.4, 0.5) is 11.4 Å². The zero-order chi connectivity index (χ0) is 21.3. The zero-order valence-corrected chi connectivity index (χ0v) is 16.8. The molecule has 0 aliphatic carbocycles. The van der Waals surface area contributed by atoms with Gasteiger partial charge < -0.3 is 9.73 Å². The molecular weight excluding hydrogens is 429 g/mol. The van der Waals surface area contributed by atoms with Crippen LogP contribution in [0.25, 0.3) is 11.1 Å². The Kier molecular flexibility index (Phi) is 5.39. The molecule has 1 amide bonds.